The molecule has 6 heteroatoms. The molecule has 0 radical (unpaired) electrons. The molecule has 0 spiro atoms. The van der Waals surface area contributed by atoms with Gasteiger partial charge in [-0.3, -0.25) is 4.79 Å². The molecule has 0 aliphatic carbocycles. The molecule has 0 aromatic rings. The van der Waals surface area contributed by atoms with Crippen LogP contribution in [-0.2, 0) is 28.5 Å². The highest BCUT2D eigenvalue weighted by atomic mass is 16.6. The summed E-state index contributed by atoms with van der Waals surface area (Å²) < 4.78 is 30.9. The Bertz CT molecular complexity index is 838. The van der Waals surface area contributed by atoms with Crippen molar-refractivity contribution in [2.45, 2.75) is 186 Å². The Kier molecular flexibility index (Phi) is 16.2. The lowest BCUT2D eigenvalue weighted by Gasteiger charge is -2.47. The minimum Gasteiger partial charge on any atom is -0.463 e. The quantitative estimate of drug-likeness (QED) is 0.0987. The van der Waals surface area contributed by atoms with Gasteiger partial charge < -0.3 is 23.7 Å². The molecule has 264 valence electrons. The monoisotopic (exact) mass is 629 g/mol. The van der Waals surface area contributed by atoms with E-state index in [0.717, 1.165) is 32.3 Å². The molecular formula is C38H76O6. The molecule has 0 aliphatic rings. The highest BCUT2D eigenvalue weighted by molar-refractivity contribution is 5.73. The van der Waals surface area contributed by atoms with Gasteiger partial charge in [0.05, 0.1) is 48.1 Å². The maximum absolute atomic E-state index is 12.9. The average Bonchev–Trinajstić information content (AvgIpc) is 2.77. The van der Waals surface area contributed by atoms with E-state index < -0.39 is 5.60 Å². The van der Waals surface area contributed by atoms with Crippen LogP contribution in [0.15, 0.2) is 0 Å². The van der Waals surface area contributed by atoms with Crippen molar-refractivity contribution in [1.29, 1.82) is 0 Å². The van der Waals surface area contributed by atoms with Crippen LogP contribution >= 0.6 is 0 Å². The van der Waals surface area contributed by atoms with Crippen LogP contribution < -0.4 is 0 Å². The second-order valence-corrected chi connectivity index (χ2v) is 18.6. The molecule has 0 aromatic carbocycles. The lowest BCUT2D eigenvalue weighted by molar-refractivity contribution is -0.169. The van der Waals surface area contributed by atoms with Gasteiger partial charge in [0.1, 0.15) is 6.61 Å². The number of rotatable bonds is 20. The summed E-state index contributed by atoms with van der Waals surface area (Å²) in [6.07, 6.45) is 3.65. The normalized spacial score (nSPS) is 15.9. The van der Waals surface area contributed by atoms with Crippen molar-refractivity contribution in [3.63, 3.8) is 0 Å². The molecule has 0 saturated heterocycles. The summed E-state index contributed by atoms with van der Waals surface area (Å²) in [5.41, 5.74) is -1.31. The first-order chi connectivity index (χ1) is 19.4. The zero-order chi connectivity index (χ0) is 35.0. The van der Waals surface area contributed by atoms with E-state index in [1.54, 1.807) is 0 Å². The van der Waals surface area contributed by atoms with Crippen molar-refractivity contribution in [1.82, 2.24) is 0 Å². The van der Waals surface area contributed by atoms with Gasteiger partial charge in [-0.15, -0.1) is 0 Å². The third kappa shape index (κ3) is 15.7. The van der Waals surface area contributed by atoms with Gasteiger partial charge in [-0.05, 0) is 110 Å². The molecule has 0 N–H and O–H groups in total. The largest absolute Gasteiger partial charge is 0.463 e. The van der Waals surface area contributed by atoms with Crippen LogP contribution in [0.4, 0.5) is 0 Å². The van der Waals surface area contributed by atoms with E-state index in [1.165, 1.54) is 0 Å². The predicted molar refractivity (Wildman–Crippen MR) is 185 cm³/mol. The number of hydrogen-bond donors (Lipinski definition) is 0. The number of carbonyl (C=O) groups is 1. The van der Waals surface area contributed by atoms with Crippen LogP contribution in [0, 0.1) is 27.6 Å². The summed E-state index contributed by atoms with van der Waals surface area (Å²) >= 11 is 0. The first-order valence-corrected chi connectivity index (χ1v) is 17.2. The third-order valence-corrected chi connectivity index (χ3v) is 9.87. The summed E-state index contributed by atoms with van der Waals surface area (Å²) in [7, 11) is 0. The highest BCUT2D eigenvalue weighted by Crippen LogP contribution is 2.43. The Labute approximate surface area is 274 Å². The molecule has 2 atom stereocenters. The van der Waals surface area contributed by atoms with Crippen LogP contribution in [0.25, 0.3) is 0 Å². The second kappa shape index (κ2) is 16.4. The van der Waals surface area contributed by atoms with Gasteiger partial charge in [0, 0.05) is 6.61 Å². The van der Waals surface area contributed by atoms with E-state index >= 15 is 0 Å². The van der Waals surface area contributed by atoms with Crippen molar-refractivity contribution >= 4 is 5.97 Å². The van der Waals surface area contributed by atoms with E-state index in [-0.39, 0.29) is 63.6 Å². The maximum Gasteiger partial charge on any atom is 0.309 e. The van der Waals surface area contributed by atoms with E-state index in [2.05, 4.69) is 132 Å². The van der Waals surface area contributed by atoms with Crippen molar-refractivity contribution in [3.05, 3.63) is 0 Å². The summed E-state index contributed by atoms with van der Waals surface area (Å²) in [6, 6.07) is 0. The molecule has 0 heterocycles. The average molecular weight is 629 g/mol. The fourth-order valence-corrected chi connectivity index (χ4v) is 5.26. The minimum atomic E-state index is -0.396. The van der Waals surface area contributed by atoms with Gasteiger partial charge >= 0.3 is 5.97 Å². The molecule has 0 saturated carbocycles. The van der Waals surface area contributed by atoms with Crippen LogP contribution in [0.5, 0.6) is 0 Å². The van der Waals surface area contributed by atoms with Gasteiger partial charge in [0.2, 0.25) is 0 Å². The first-order valence-electron chi connectivity index (χ1n) is 17.2. The SMILES string of the molecule is CC(C)OCCC(C)(C)C(C)(C)OC(C)CC(C)(C)C(C)(C)OCCC(C)(C)OCCOC(=O)C(CC(C)(C)C)C(C)(C)C. The molecule has 0 fully saturated rings. The Morgan fingerprint density at radius 1 is 0.591 bits per heavy atom. The molecule has 0 rings (SSSR count). The third-order valence-electron chi connectivity index (χ3n) is 9.87. The zero-order valence-corrected chi connectivity index (χ0v) is 32.8. The van der Waals surface area contributed by atoms with E-state index in [1.807, 2.05) is 0 Å². The summed E-state index contributed by atoms with van der Waals surface area (Å²) in [6.45, 7) is 43.0. The summed E-state index contributed by atoms with van der Waals surface area (Å²) in [4.78, 5) is 12.9. The number of ether oxygens (including phenoxy) is 5. The topological polar surface area (TPSA) is 63.2 Å². The Morgan fingerprint density at radius 3 is 1.61 bits per heavy atom. The van der Waals surface area contributed by atoms with Crippen LogP contribution in [0.2, 0.25) is 0 Å². The van der Waals surface area contributed by atoms with Crippen molar-refractivity contribution in [2.24, 2.45) is 27.6 Å². The smallest absolute Gasteiger partial charge is 0.309 e. The van der Waals surface area contributed by atoms with Crippen molar-refractivity contribution in [3.8, 4) is 0 Å². The lowest BCUT2D eigenvalue weighted by Crippen LogP contribution is -2.48. The zero-order valence-electron chi connectivity index (χ0n) is 32.8. The van der Waals surface area contributed by atoms with Gasteiger partial charge in [-0.2, -0.15) is 0 Å². The number of esters is 1. The molecule has 0 bridgehead atoms. The highest BCUT2D eigenvalue weighted by Gasteiger charge is 2.43. The summed E-state index contributed by atoms with van der Waals surface area (Å²) in [5.74, 6) is -0.282. The Morgan fingerprint density at radius 2 is 1.14 bits per heavy atom. The van der Waals surface area contributed by atoms with Crippen LogP contribution in [0.1, 0.15) is 157 Å². The number of carbonyl (C=O) groups excluding carboxylic acids is 1. The molecular weight excluding hydrogens is 552 g/mol. The molecule has 2 unspecified atom stereocenters. The lowest BCUT2D eigenvalue weighted by atomic mass is 9.72. The van der Waals surface area contributed by atoms with Crippen molar-refractivity contribution in [2.75, 3.05) is 26.4 Å². The Balaban J connectivity index is 4.90. The van der Waals surface area contributed by atoms with E-state index in [9.17, 15) is 4.79 Å². The van der Waals surface area contributed by atoms with Crippen LogP contribution in [-0.4, -0.2) is 61.4 Å². The van der Waals surface area contributed by atoms with Gasteiger partial charge in [0.25, 0.3) is 0 Å². The van der Waals surface area contributed by atoms with Crippen LogP contribution in [0.3, 0.4) is 0 Å². The van der Waals surface area contributed by atoms with Gasteiger partial charge in [-0.1, -0.05) is 69.2 Å². The standard InChI is InChI=1S/C38H76O6/c1-28(2)40-22-20-34(10,11)38(18,19)44-29(3)26-35(12,13)37(16,17)43-23-21-36(14,15)42-25-24-41-31(39)30(33(7,8)9)27-32(4,5)6/h28-30H,20-27H2,1-19H3. The van der Waals surface area contributed by atoms with E-state index in [4.69, 9.17) is 23.7 Å². The fourth-order valence-electron chi connectivity index (χ4n) is 5.26. The summed E-state index contributed by atoms with van der Waals surface area (Å²) in [5, 5.41) is 0. The predicted octanol–water partition coefficient (Wildman–Crippen LogP) is 10.0. The first kappa shape index (κ1) is 43.3. The fraction of sp³-hybridized carbons (Fsp3) is 0.974. The molecule has 0 amide bonds. The van der Waals surface area contributed by atoms with Gasteiger partial charge in [0.15, 0.2) is 0 Å². The Hall–Kier alpha value is -0.690. The maximum atomic E-state index is 12.9. The number of hydrogen-bond acceptors (Lipinski definition) is 6. The molecule has 6 nitrogen and oxygen atoms in total. The van der Waals surface area contributed by atoms with E-state index in [0.29, 0.717) is 13.2 Å². The van der Waals surface area contributed by atoms with Crippen molar-refractivity contribution < 1.29 is 28.5 Å². The van der Waals surface area contributed by atoms with Gasteiger partial charge in [-0.25, -0.2) is 0 Å². The molecule has 0 aromatic heterocycles. The minimum absolute atomic E-state index is 0.0308. The second-order valence-electron chi connectivity index (χ2n) is 18.6. The molecule has 44 heavy (non-hydrogen) atoms. The molecule has 0 aliphatic heterocycles.